The molecule has 0 unspecified atom stereocenters. The molecule has 0 aromatic carbocycles. The maximum Gasteiger partial charge on any atom is 0.331 e. The van der Waals surface area contributed by atoms with E-state index >= 15 is 0 Å². The highest BCUT2D eigenvalue weighted by atomic mass is 79.9. The highest BCUT2D eigenvalue weighted by Gasteiger charge is 2.47. The molecule has 1 aromatic heterocycles. The molecule has 5 nitrogen and oxygen atoms in total. The third-order valence-electron chi connectivity index (χ3n) is 5.07. The van der Waals surface area contributed by atoms with Gasteiger partial charge in [0.05, 0.1) is 12.7 Å². The van der Waals surface area contributed by atoms with Gasteiger partial charge in [0.25, 0.3) is 0 Å². The Morgan fingerprint density at radius 2 is 2.05 bits per heavy atom. The van der Waals surface area contributed by atoms with Gasteiger partial charge in [0, 0.05) is 24.8 Å². The molecule has 1 aliphatic heterocycles. The number of carbonyl (C=O) groups is 1. The SMILES string of the molecule is COC(=O)COC1(c2ccc(Br)nc2)CCC2(CC1)CNC2. The lowest BCUT2D eigenvalue weighted by Gasteiger charge is -2.51. The first-order chi connectivity index (χ1) is 10.6. The molecule has 6 heteroatoms. The number of nitrogens with zero attached hydrogens (tertiary/aromatic N) is 1. The smallest absolute Gasteiger partial charge is 0.331 e. The molecular weight excluding hydrogens is 348 g/mol. The quantitative estimate of drug-likeness (QED) is 0.653. The van der Waals surface area contributed by atoms with Crippen molar-refractivity contribution >= 4 is 21.9 Å². The van der Waals surface area contributed by atoms with Crippen LogP contribution in [0, 0.1) is 5.41 Å². The molecule has 2 fully saturated rings. The van der Waals surface area contributed by atoms with Gasteiger partial charge in [-0.25, -0.2) is 9.78 Å². The fourth-order valence-corrected chi connectivity index (χ4v) is 3.67. The molecule has 0 amide bonds. The van der Waals surface area contributed by atoms with Crippen LogP contribution in [0.4, 0.5) is 0 Å². The van der Waals surface area contributed by atoms with Gasteiger partial charge in [-0.3, -0.25) is 0 Å². The Labute approximate surface area is 138 Å². The molecule has 0 bridgehead atoms. The van der Waals surface area contributed by atoms with Gasteiger partial charge in [-0.2, -0.15) is 0 Å². The molecule has 120 valence electrons. The standard InChI is InChI=1S/C16H21BrN2O3/c1-21-14(20)9-22-16(12-2-3-13(17)19-8-12)6-4-15(5-7-16)10-18-11-15/h2-3,8,18H,4-7,9-11H2,1H3. The van der Waals surface area contributed by atoms with Crippen LogP contribution in [-0.4, -0.2) is 37.8 Å². The minimum atomic E-state index is -0.428. The number of ether oxygens (including phenoxy) is 2. The van der Waals surface area contributed by atoms with Crippen molar-refractivity contribution in [1.29, 1.82) is 0 Å². The van der Waals surface area contributed by atoms with Crippen LogP contribution in [-0.2, 0) is 19.9 Å². The third-order valence-corrected chi connectivity index (χ3v) is 5.53. The van der Waals surface area contributed by atoms with E-state index < -0.39 is 5.60 Å². The number of carbonyl (C=O) groups excluding carboxylic acids is 1. The second-order valence-corrected chi connectivity index (χ2v) is 7.14. The number of pyridine rings is 1. The first-order valence-corrected chi connectivity index (χ1v) is 8.40. The van der Waals surface area contributed by atoms with E-state index in [0.717, 1.165) is 48.9 Å². The van der Waals surface area contributed by atoms with Crippen LogP contribution in [0.5, 0.6) is 0 Å². The number of nitrogens with one attached hydrogen (secondary N) is 1. The van der Waals surface area contributed by atoms with E-state index in [-0.39, 0.29) is 12.6 Å². The molecule has 1 saturated carbocycles. The van der Waals surface area contributed by atoms with Crippen LogP contribution in [0.1, 0.15) is 31.2 Å². The third kappa shape index (κ3) is 3.05. The van der Waals surface area contributed by atoms with Crippen molar-refractivity contribution in [3.05, 3.63) is 28.5 Å². The number of esters is 1. The van der Waals surface area contributed by atoms with E-state index in [0.29, 0.717) is 5.41 Å². The van der Waals surface area contributed by atoms with Crippen LogP contribution in [0.15, 0.2) is 22.9 Å². The van der Waals surface area contributed by atoms with Gasteiger partial charge in [0.15, 0.2) is 0 Å². The van der Waals surface area contributed by atoms with Crippen LogP contribution < -0.4 is 5.32 Å². The number of methoxy groups -OCH3 is 1. The maximum atomic E-state index is 11.5. The van der Waals surface area contributed by atoms with Gasteiger partial charge < -0.3 is 14.8 Å². The predicted molar refractivity (Wildman–Crippen MR) is 85.4 cm³/mol. The summed E-state index contributed by atoms with van der Waals surface area (Å²) in [7, 11) is 1.38. The van der Waals surface area contributed by atoms with E-state index in [1.54, 1.807) is 0 Å². The van der Waals surface area contributed by atoms with Crippen molar-refractivity contribution in [3.63, 3.8) is 0 Å². The maximum absolute atomic E-state index is 11.5. The average Bonchev–Trinajstić information content (AvgIpc) is 2.52. The molecule has 22 heavy (non-hydrogen) atoms. The minimum Gasteiger partial charge on any atom is -0.467 e. The van der Waals surface area contributed by atoms with Crippen LogP contribution in [0.3, 0.4) is 0 Å². The van der Waals surface area contributed by atoms with E-state index in [1.165, 1.54) is 7.11 Å². The molecule has 2 aliphatic rings. The van der Waals surface area contributed by atoms with Crippen molar-refractivity contribution in [2.24, 2.45) is 5.41 Å². The Morgan fingerprint density at radius 3 is 2.55 bits per heavy atom. The average molecular weight is 369 g/mol. The molecule has 1 N–H and O–H groups in total. The van der Waals surface area contributed by atoms with Crippen molar-refractivity contribution < 1.29 is 14.3 Å². The molecule has 1 aromatic rings. The molecule has 1 saturated heterocycles. The number of hydrogen-bond acceptors (Lipinski definition) is 5. The highest BCUT2D eigenvalue weighted by molar-refractivity contribution is 9.10. The second kappa shape index (κ2) is 6.26. The summed E-state index contributed by atoms with van der Waals surface area (Å²) < 4.78 is 11.6. The van der Waals surface area contributed by atoms with E-state index in [4.69, 9.17) is 9.47 Å². The van der Waals surface area contributed by atoms with Gasteiger partial charge in [0.2, 0.25) is 0 Å². The number of rotatable bonds is 4. The predicted octanol–water partition coefficient (Wildman–Crippen LogP) is 2.39. The molecule has 1 spiro atoms. The summed E-state index contributed by atoms with van der Waals surface area (Å²) in [6.07, 6.45) is 5.89. The van der Waals surface area contributed by atoms with Gasteiger partial charge in [-0.15, -0.1) is 0 Å². The van der Waals surface area contributed by atoms with E-state index in [9.17, 15) is 4.79 Å². The van der Waals surface area contributed by atoms with Crippen molar-refractivity contribution in [1.82, 2.24) is 10.3 Å². The molecule has 3 rings (SSSR count). The first-order valence-electron chi connectivity index (χ1n) is 7.61. The van der Waals surface area contributed by atoms with E-state index in [2.05, 4.69) is 26.2 Å². The summed E-state index contributed by atoms with van der Waals surface area (Å²) in [6.45, 7) is 2.18. The zero-order valence-corrected chi connectivity index (χ0v) is 14.3. The Hall–Kier alpha value is -0.980. The van der Waals surface area contributed by atoms with Gasteiger partial charge >= 0.3 is 5.97 Å². The van der Waals surface area contributed by atoms with Crippen LogP contribution >= 0.6 is 15.9 Å². The molecule has 0 radical (unpaired) electrons. The first kappa shape index (κ1) is 15.9. The monoisotopic (exact) mass is 368 g/mol. The fraction of sp³-hybridized carbons (Fsp3) is 0.625. The normalized spacial score (nSPS) is 22.1. The van der Waals surface area contributed by atoms with Gasteiger partial charge in [-0.05, 0) is 53.1 Å². The largest absolute Gasteiger partial charge is 0.467 e. The van der Waals surface area contributed by atoms with Crippen molar-refractivity contribution in [2.75, 3.05) is 26.8 Å². The Morgan fingerprint density at radius 1 is 1.32 bits per heavy atom. The Balaban J connectivity index is 1.79. The summed E-state index contributed by atoms with van der Waals surface area (Å²) in [6, 6.07) is 3.96. The van der Waals surface area contributed by atoms with Crippen molar-refractivity contribution in [3.8, 4) is 0 Å². The minimum absolute atomic E-state index is 0.0161. The summed E-state index contributed by atoms with van der Waals surface area (Å²) in [5, 5.41) is 3.37. The van der Waals surface area contributed by atoms with E-state index in [1.807, 2.05) is 18.3 Å². The number of hydrogen-bond donors (Lipinski definition) is 1. The second-order valence-electron chi connectivity index (χ2n) is 6.33. The summed E-state index contributed by atoms with van der Waals surface area (Å²) in [5.74, 6) is -0.338. The molecule has 2 heterocycles. The summed E-state index contributed by atoms with van der Waals surface area (Å²) in [5.41, 5.74) is 1.05. The van der Waals surface area contributed by atoms with Crippen LogP contribution in [0.25, 0.3) is 0 Å². The molecule has 0 atom stereocenters. The van der Waals surface area contributed by atoms with Crippen LogP contribution in [0.2, 0.25) is 0 Å². The zero-order valence-electron chi connectivity index (χ0n) is 12.7. The van der Waals surface area contributed by atoms with Gasteiger partial charge in [-0.1, -0.05) is 6.07 Å². The van der Waals surface area contributed by atoms with Crippen molar-refractivity contribution in [2.45, 2.75) is 31.3 Å². The Kier molecular flexibility index (Phi) is 4.52. The van der Waals surface area contributed by atoms with Gasteiger partial charge in [0.1, 0.15) is 11.2 Å². The summed E-state index contributed by atoms with van der Waals surface area (Å²) in [4.78, 5) is 15.8. The lowest BCUT2D eigenvalue weighted by atomic mass is 9.64. The lowest BCUT2D eigenvalue weighted by molar-refractivity contribution is -0.160. The summed E-state index contributed by atoms with van der Waals surface area (Å²) >= 11 is 3.36. The number of aromatic nitrogens is 1. The highest BCUT2D eigenvalue weighted by Crippen LogP contribution is 2.49. The fourth-order valence-electron chi connectivity index (χ4n) is 3.43. The lowest BCUT2D eigenvalue weighted by Crippen LogP contribution is -2.57. The Bertz CT molecular complexity index is 533. The zero-order chi connectivity index (χ0) is 15.6. The molecular formula is C16H21BrN2O3. The topological polar surface area (TPSA) is 60.5 Å². The number of halogens is 1. The molecule has 1 aliphatic carbocycles.